The minimum atomic E-state index is -4.51. The Bertz CT molecular complexity index is 343. The predicted molar refractivity (Wildman–Crippen MR) is 77.4 cm³/mol. The number of hydrogen-bond donors (Lipinski definition) is 0. The molecule has 5 nitrogen and oxygen atoms in total. The van der Waals surface area contributed by atoms with E-state index in [1.165, 1.54) is 44.9 Å². The third-order valence-electron chi connectivity index (χ3n) is 3.06. The molecule has 0 bridgehead atoms. The van der Waals surface area contributed by atoms with Crippen LogP contribution in [0.15, 0.2) is 0 Å². The Kier molecular flexibility index (Phi) is 17.2. The van der Waals surface area contributed by atoms with Crippen LogP contribution in [0.3, 0.4) is 0 Å². The maximum Gasteiger partial charge on any atom is 1.00 e. The number of hydrogen-bond acceptors (Lipinski definition) is 5. The van der Waals surface area contributed by atoms with Crippen LogP contribution in [-0.4, -0.2) is 31.3 Å². The van der Waals surface area contributed by atoms with Gasteiger partial charge in [0.1, 0.15) is 15.9 Å². The Balaban J connectivity index is 0. The number of carbonyl (C=O) groups excluding carboxylic acids is 1. The van der Waals surface area contributed by atoms with Gasteiger partial charge in [0.15, 0.2) is 0 Å². The quantitative estimate of drug-likeness (QED) is 0.205. The zero-order valence-corrected chi connectivity index (χ0v) is 16.3. The van der Waals surface area contributed by atoms with E-state index in [4.69, 9.17) is 0 Å². The van der Waals surface area contributed by atoms with Crippen LogP contribution in [0.4, 0.5) is 0 Å². The standard InChI is InChI=1S/C14H28O5S.Na/c1-2-3-4-5-6-7-8-9-10-11-12-19-14(15)13-20(16,17)18;/h2-13H2,1H3,(H,16,17,18);/q;+1/p-1. The Hall–Kier alpha value is 0.380. The van der Waals surface area contributed by atoms with Crippen LogP contribution < -0.4 is 29.6 Å². The third kappa shape index (κ3) is 20.4. The van der Waals surface area contributed by atoms with Gasteiger partial charge in [-0.2, -0.15) is 0 Å². The molecular formula is C14H27NaO5S. The van der Waals surface area contributed by atoms with E-state index in [1.807, 2.05) is 0 Å². The molecule has 0 fully saturated rings. The summed E-state index contributed by atoms with van der Waals surface area (Å²) in [6, 6.07) is 0. The average molecular weight is 330 g/mol. The van der Waals surface area contributed by atoms with Gasteiger partial charge in [0, 0.05) is 0 Å². The van der Waals surface area contributed by atoms with Crippen LogP contribution in [0.1, 0.15) is 71.1 Å². The van der Waals surface area contributed by atoms with Gasteiger partial charge < -0.3 is 9.29 Å². The van der Waals surface area contributed by atoms with E-state index in [9.17, 15) is 17.8 Å². The summed E-state index contributed by atoms with van der Waals surface area (Å²) in [6.45, 7) is 2.41. The van der Waals surface area contributed by atoms with Gasteiger partial charge in [-0.1, -0.05) is 64.7 Å². The van der Waals surface area contributed by atoms with Crippen molar-refractivity contribution in [1.29, 1.82) is 0 Å². The van der Waals surface area contributed by atoms with Gasteiger partial charge in [-0.3, -0.25) is 4.79 Å². The molecule has 0 aliphatic heterocycles. The Morgan fingerprint density at radius 2 is 1.33 bits per heavy atom. The molecular weight excluding hydrogens is 303 g/mol. The van der Waals surface area contributed by atoms with Crippen molar-refractivity contribution in [3.8, 4) is 0 Å². The Labute approximate surface area is 151 Å². The summed E-state index contributed by atoms with van der Waals surface area (Å²) in [4.78, 5) is 10.9. The predicted octanol–water partition coefficient (Wildman–Crippen LogP) is -0.000300. The van der Waals surface area contributed by atoms with Gasteiger partial charge in [0.05, 0.1) is 6.61 Å². The van der Waals surface area contributed by atoms with Crippen molar-refractivity contribution in [2.75, 3.05) is 12.4 Å². The Morgan fingerprint density at radius 3 is 1.76 bits per heavy atom. The van der Waals surface area contributed by atoms with E-state index in [2.05, 4.69) is 11.7 Å². The number of ether oxygens (including phenoxy) is 1. The average Bonchev–Trinajstić information content (AvgIpc) is 2.34. The minimum absolute atomic E-state index is 0. The second-order valence-electron chi connectivity index (χ2n) is 5.10. The molecule has 0 rings (SSSR count). The van der Waals surface area contributed by atoms with E-state index in [-0.39, 0.29) is 36.2 Å². The number of unbranched alkanes of at least 4 members (excludes halogenated alkanes) is 9. The molecule has 0 atom stereocenters. The number of esters is 1. The zero-order valence-electron chi connectivity index (χ0n) is 13.4. The molecule has 0 radical (unpaired) electrons. The van der Waals surface area contributed by atoms with Gasteiger partial charge in [0.2, 0.25) is 0 Å². The summed E-state index contributed by atoms with van der Waals surface area (Å²) < 4.78 is 35.5. The summed E-state index contributed by atoms with van der Waals surface area (Å²) in [5.74, 6) is -2.01. The van der Waals surface area contributed by atoms with Crippen LogP contribution >= 0.6 is 0 Å². The van der Waals surface area contributed by atoms with E-state index >= 15 is 0 Å². The first-order valence-corrected chi connectivity index (χ1v) is 9.12. The van der Waals surface area contributed by atoms with Crippen LogP contribution in [0.25, 0.3) is 0 Å². The van der Waals surface area contributed by atoms with Crippen LogP contribution in [0.5, 0.6) is 0 Å². The molecule has 0 saturated carbocycles. The van der Waals surface area contributed by atoms with Crippen molar-refractivity contribution in [2.24, 2.45) is 0 Å². The van der Waals surface area contributed by atoms with Crippen molar-refractivity contribution < 1.29 is 52.1 Å². The summed E-state index contributed by atoms with van der Waals surface area (Å²) in [7, 11) is -4.51. The first kappa shape index (κ1) is 23.6. The summed E-state index contributed by atoms with van der Waals surface area (Å²) in [5, 5.41) is 0. The molecule has 0 aliphatic rings. The van der Waals surface area contributed by atoms with Crippen molar-refractivity contribution in [1.82, 2.24) is 0 Å². The molecule has 0 heterocycles. The first-order valence-electron chi connectivity index (χ1n) is 7.55. The topological polar surface area (TPSA) is 83.5 Å². The zero-order chi connectivity index (χ0) is 15.3. The van der Waals surface area contributed by atoms with Gasteiger partial charge in [0.25, 0.3) is 0 Å². The molecule has 7 heteroatoms. The minimum Gasteiger partial charge on any atom is -0.748 e. The molecule has 21 heavy (non-hydrogen) atoms. The molecule has 0 aromatic carbocycles. The van der Waals surface area contributed by atoms with E-state index < -0.39 is 21.8 Å². The first-order chi connectivity index (χ1) is 9.45. The van der Waals surface area contributed by atoms with E-state index in [0.717, 1.165) is 19.3 Å². The van der Waals surface area contributed by atoms with Gasteiger partial charge in [-0.05, 0) is 6.42 Å². The van der Waals surface area contributed by atoms with Crippen LogP contribution in [-0.2, 0) is 19.6 Å². The fraction of sp³-hybridized carbons (Fsp3) is 0.929. The second kappa shape index (κ2) is 15.3. The maximum atomic E-state index is 10.9. The molecule has 0 unspecified atom stereocenters. The number of carbonyl (C=O) groups is 1. The van der Waals surface area contributed by atoms with Gasteiger partial charge >= 0.3 is 35.5 Å². The summed E-state index contributed by atoms with van der Waals surface area (Å²) in [5.41, 5.74) is 0. The van der Waals surface area contributed by atoms with Gasteiger partial charge in [-0.15, -0.1) is 0 Å². The van der Waals surface area contributed by atoms with Crippen molar-refractivity contribution in [3.63, 3.8) is 0 Å². The van der Waals surface area contributed by atoms with E-state index in [1.54, 1.807) is 0 Å². The third-order valence-corrected chi connectivity index (χ3v) is 3.64. The van der Waals surface area contributed by atoms with E-state index in [0.29, 0.717) is 0 Å². The summed E-state index contributed by atoms with van der Waals surface area (Å²) in [6.07, 6.45) is 11.8. The molecule has 0 N–H and O–H groups in total. The summed E-state index contributed by atoms with van der Waals surface area (Å²) >= 11 is 0. The van der Waals surface area contributed by atoms with Crippen LogP contribution in [0.2, 0.25) is 0 Å². The molecule has 0 saturated heterocycles. The second-order valence-corrected chi connectivity index (χ2v) is 6.51. The normalized spacial score (nSPS) is 11.0. The van der Waals surface area contributed by atoms with Crippen molar-refractivity contribution >= 4 is 16.1 Å². The smallest absolute Gasteiger partial charge is 0.748 e. The Morgan fingerprint density at radius 1 is 0.905 bits per heavy atom. The number of rotatable bonds is 13. The van der Waals surface area contributed by atoms with Gasteiger partial charge in [-0.25, -0.2) is 8.42 Å². The molecule has 0 aliphatic carbocycles. The molecule has 0 aromatic rings. The van der Waals surface area contributed by atoms with Crippen LogP contribution in [0, 0.1) is 0 Å². The SMILES string of the molecule is CCCCCCCCCCCCOC(=O)CS(=O)(=O)[O-].[Na+]. The molecule has 0 spiro atoms. The molecule has 0 amide bonds. The van der Waals surface area contributed by atoms with Crippen molar-refractivity contribution in [2.45, 2.75) is 71.1 Å². The fourth-order valence-corrected chi connectivity index (χ4v) is 2.33. The largest absolute Gasteiger partial charge is 1.00 e. The molecule has 120 valence electrons. The monoisotopic (exact) mass is 330 g/mol. The fourth-order valence-electron chi connectivity index (χ4n) is 1.96. The van der Waals surface area contributed by atoms with Crippen molar-refractivity contribution in [3.05, 3.63) is 0 Å². The maximum absolute atomic E-state index is 10.9. The molecule has 0 aromatic heterocycles.